The van der Waals surface area contributed by atoms with Crippen LogP contribution < -0.4 is 5.32 Å². The second kappa shape index (κ2) is 6.24. The van der Waals surface area contributed by atoms with E-state index in [1.807, 2.05) is 30.3 Å². The summed E-state index contributed by atoms with van der Waals surface area (Å²) in [7, 11) is 0. The molecule has 0 amide bonds. The van der Waals surface area contributed by atoms with Gasteiger partial charge in [0, 0.05) is 16.5 Å². The summed E-state index contributed by atoms with van der Waals surface area (Å²) in [4.78, 5) is 1.35. The van der Waals surface area contributed by atoms with Crippen molar-refractivity contribution in [1.29, 1.82) is 0 Å². The minimum absolute atomic E-state index is 0.375. The van der Waals surface area contributed by atoms with Crippen molar-refractivity contribution in [3.05, 3.63) is 58.3 Å². The van der Waals surface area contributed by atoms with Gasteiger partial charge in [0.05, 0.1) is 6.54 Å². The van der Waals surface area contributed by atoms with Gasteiger partial charge in [0.25, 0.3) is 0 Å². The van der Waals surface area contributed by atoms with E-state index in [-0.39, 0.29) is 0 Å². The van der Waals surface area contributed by atoms with Gasteiger partial charge in [-0.15, -0.1) is 11.3 Å². The predicted molar refractivity (Wildman–Crippen MR) is 74.1 cm³/mol. The Labute approximate surface area is 107 Å². The number of hydrogen-bond donors (Lipinski definition) is 1. The summed E-state index contributed by atoms with van der Waals surface area (Å²) in [6.07, 6.45) is 0. The molecule has 0 aliphatic rings. The van der Waals surface area contributed by atoms with E-state index in [9.17, 15) is 0 Å². The lowest BCUT2D eigenvalue weighted by Crippen LogP contribution is -2.17. The molecule has 1 heterocycles. The van der Waals surface area contributed by atoms with Crippen LogP contribution in [0.1, 0.15) is 23.4 Å². The maximum atomic E-state index is 3.39. The highest BCUT2D eigenvalue weighted by atomic mass is 32.1. The second-order valence-corrected chi connectivity index (χ2v) is 4.77. The van der Waals surface area contributed by atoms with Gasteiger partial charge in [0.15, 0.2) is 0 Å². The van der Waals surface area contributed by atoms with Crippen LogP contribution in [0, 0.1) is 11.8 Å². The second-order valence-electron chi connectivity index (χ2n) is 3.79. The topological polar surface area (TPSA) is 12.0 Å². The molecule has 17 heavy (non-hydrogen) atoms. The first-order valence-corrected chi connectivity index (χ1v) is 6.55. The Hall–Kier alpha value is -1.56. The highest BCUT2D eigenvalue weighted by Gasteiger charge is 2.02. The highest BCUT2D eigenvalue weighted by Crippen LogP contribution is 2.17. The molecule has 0 fully saturated rings. The van der Waals surface area contributed by atoms with Crippen LogP contribution in [-0.2, 0) is 0 Å². The van der Waals surface area contributed by atoms with Crippen molar-refractivity contribution < 1.29 is 0 Å². The van der Waals surface area contributed by atoms with Crippen LogP contribution >= 0.6 is 11.3 Å². The van der Waals surface area contributed by atoms with Crippen molar-refractivity contribution in [2.75, 3.05) is 6.54 Å². The molecular formula is C15H15NS. The molecule has 1 N–H and O–H groups in total. The van der Waals surface area contributed by atoms with Gasteiger partial charge in [-0.3, -0.25) is 5.32 Å². The summed E-state index contributed by atoms with van der Waals surface area (Å²) in [6, 6.07) is 14.7. The molecule has 1 atom stereocenters. The monoisotopic (exact) mass is 241 g/mol. The molecule has 2 aromatic rings. The zero-order valence-corrected chi connectivity index (χ0v) is 10.6. The van der Waals surface area contributed by atoms with Gasteiger partial charge in [-0.2, -0.15) is 0 Å². The van der Waals surface area contributed by atoms with Crippen LogP contribution in [-0.4, -0.2) is 6.54 Å². The van der Waals surface area contributed by atoms with Crippen LogP contribution in [0.2, 0.25) is 0 Å². The summed E-state index contributed by atoms with van der Waals surface area (Å²) in [5, 5.41) is 5.49. The molecule has 0 spiro atoms. The van der Waals surface area contributed by atoms with E-state index in [1.54, 1.807) is 11.3 Å². The molecule has 2 heteroatoms. The summed E-state index contributed by atoms with van der Waals surface area (Å²) in [5.74, 6) is 6.27. The molecule has 0 radical (unpaired) electrons. The van der Waals surface area contributed by atoms with Gasteiger partial charge in [0.1, 0.15) is 0 Å². The van der Waals surface area contributed by atoms with Crippen molar-refractivity contribution in [2.24, 2.45) is 0 Å². The lowest BCUT2D eigenvalue weighted by Gasteiger charge is -2.08. The van der Waals surface area contributed by atoms with Crippen molar-refractivity contribution >= 4 is 11.3 Å². The van der Waals surface area contributed by atoms with Crippen molar-refractivity contribution in [2.45, 2.75) is 13.0 Å². The summed E-state index contributed by atoms with van der Waals surface area (Å²) >= 11 is 1.77. The zero-order valence-electron chi connectivity index (χ0n) is 9.81. The molecule has 0 saturated heterocycles. The van der Waals surface area contributed by atoms with E-state index in [0.717, 1.165) is 5.56 Å². The molecule has 1 aromatic carbocycles. The lowest BCUT2D eigenvalue weighted by molar-refractivity contribution is 0.633. The minimum atomic E-state index is 0.375. The summed E-state index contributed by atoms with van der Waals surface area (Å²) in [6.45, 7) is 2.88. The first-order valence-electron chi connectivity index (χ1n) is 5.67. The quantitative estimate of drug-likeness (QED) is 0.812. The normalized spacial score (nSPS) is 11.6. The average molecular weight is 241 g/mol. The van der Waals surface area contributed by atoms with Gasteiger partial charge < -0.3 is 0 Å². The fourth-order valence-electron chi connectivity index (χ4n) is 1.51. The Morgan fingerprint density at radius 3 is 2.71 bits per heavy atom. The lowest BCUT2D eigenvalue weighted by atomic mass is 10.2. The van der Waals surface area contributed by atoms with Crippen LogP contribution in [0.4, 0.5) is 0 Å². The Morgan fingerprint density at radius 2 is 2.00 bits per heavy atom. The van der Waals surface area contributed by atoms with E-state index in [4.69, 9.17) is 0 Å². The van der Waals surface area contributed by atoms with Crippen molar-refractivity contribution in [1.82, 2.24) is 5.32 Å². The maximum Gasteiger partial charge on any atom is 0.0585 e. The predicted octanol–water partition coefficient (Wildman–Crippen LogP) is 3.45. The molecule has 86 valence electrons. The molecule has 0 saturated carbocycles. The molecule has 0 unspecified atom stereocenters. The standard InChI is InChI=1S/C15H15NS/c1-13(15-10-6-12-17-15)16-11-5-9-14-7-3-2-4-8-14/h2-4,6-8,10,12-13,16H,11H2,1H3/t13-/m1/s1. The molecule has 1 aromatic heterocycles. The van der Waals surface area contributed by atoms with E-state index in [1.165, 1.54) is 4.88 Å². The van der Waals surface area contributed by atoms with Gasteiger partial charge in [-0.05, 0) is 30.5 Å². The molecule has 0 bridgehead atoms. The van der Waals surface area contributed by atoms with Gasteiger partial charge >= 0.3 is 0 Å². The Balaban J connectivity index is 1.82. The average Bonchev–Trinajstić information content (AvgIpc) is 2.89. The number of thiophene rings is 1. The Morgan fingerprint density at radius 1 is 1.18 bits per heavy atom. The van der Waals surface area contributed by atoms with Crippen LogP contribution in [0.3, 0.4) is 0 Å². The molecule has 2 rings (SSSR count). The molecular weight excluding hydrogens is 226 g/mol. The summed E-state index contributed by atoms with van der Waals surface area (Å²) < 4.78 is 0. The van der Waals surface area contributed by atoms with Gasteiger partial charge in [0.2, 0.25) is 0 Å². The molecule has 0 aliphatic heterocycles. The third kappa shape index (κ3) is 3.74. The van der Waals surface area contributed by atoms with E-state index >= 15 is 0 Å². The van der Waals surface area contributed by atoms with Crippen LogP contribution in [0.25, 0.3) is 0 Å². The number of hydrogen-bond acceptors (Lipinski definition) is 2. The fourth-order valence-corrected chi connectivity index (χ4v) is 2.27. The van der Waals surface area contributed by atoms with Crippen molar-refractivity contribution in [3.63, 3.8) is 0 Å². The Bertz CT molecular complexity index is 491. The largest absolute Gasteiger partial charge is 0.299 e. The molecule has 1 nitrogen and oxygen atoms in total. The third-order valence-electron chi connectivity index (χ3n) is 2.47. The number of rotatable bonds is 3. The number of nitrogens with one attached hydrogen (secondary N) is 1. The van der Waals surface area contributed by atoms with Crippen LogP contribution in [0.15, 0.2) is 47.8 Å². The van der Waals surface area contributed by atoms with E-state index in [2.05, 4.69) is 41.6 Å². The smallest absolute Gasteiger partial charge is 0.0585 e. The van der Waals surface area contributed by atoms with Crippen molar-refractivity contribution in [3.8, 4) is 11.8 Å². The zero-order chi connectivity index (χ0) is 11.9. The Kier molecular flexibility index (Phi) is 4.37. The molecule has 0 aliphatic carbocycles. The van der Waals surface area contributed by atoms with Gasteiger partial charge in [-0.1, -0.05) is 36.1 Å². The first kappa shape index (κ1) is 11.9. The SMILES string of the molecule is C[C@@H](NCC#Cc1ccccc1)c1cccs1. The van der Waals surface area contributed by atoms with Gasteiger partial charge in [-0.25, -0.2) is 0 Å². The van der Waals surface area contributed by atoms with E-state index in [0.29, 0.717) is 12.6 Å². The minimum Gasteiger partial charge on any atom is -0.299 e. The van der Waals surface area contributed by atoms with Crippen LogP contribution in [0.5, 0.6) is 0 Å². The fraction of sp³-hybridized carbons (Fsp3) is 0.200. The third-order valence-corrected chi connectivity index (χ3v) is 3.53. The number of benzene rings is 1. The maximum absolute atomic E-state index is 3.39. The van der Waals surface area contributed by atoms with E-state index < -0.39 is 0 Å². The highest BCUT2D eigenvalue weighted by molar-refractivity contribution is 7.10. The first-order chi connectivity index (χ1) is 8.36. The summed E-state index contributed by atoms with van der Waals surface area (Å²) in [5.41, 5.74) is 1.07.